The highest BCUT2D eigenvalue weighted by Gasteiger charge is 2.38. The zero-order chi connectivity index (χ0) is 21.1. The second-order valence-electron chi connectivity index (χ2n) is 8.56. The highest BCUT2D eigenvalue weighted by atomic mass is 32.2. The van der Waals surface area contributed by atoms with Crippen molar-refractivity contribution in [2.75, 3.05) is 12.4 Å². The van der Waals surface area contributed by atoms with Gasteiger partial charge in [-0.1, -0.05) is 31.5 Å². The van der Waals surface area contributed by atoms with Gasteiger partial charge in [-0.25, -0.2) is 4.57 Å². The average molecular weight is 445 g/mol. The van der Waals surface area contributed by atoms with Crippen LogP contribution in [0.25, 0.3) is 0 Å². The lowest BCUT2D eigenvalue weighted by Crippen LogP contribution is -2.41. The van der Waals surface area contributed by atoms with Gasteiger partial charge in [0, 0.05) is 16.9 Å². The Kier molecular flexibility index (Phi) is 7.84. The van der Waals surface area contributed by atoms with Crippen molar-refractivity contribution in [1.29, 1.82) is 0 Å². The van der Waals surface area contributed by atoms with Crippen LogP contribution in [0, 0.1) is 0 Å². The van der Waals surface area contributed by atoms with Gasteiger partial charge < -0.3 is 20.1 Å². The van der Waals surface area contributed by atoms with Gasteiger partial charge in [-0.2, -0.15) is 0 Å². The molecule has 4 atom stereocenters. The number of hydrogen-bond acceptors (Lipinski definition) is 5. The molecule has 0 radical (unpaired) electrons. The first-order valence-electron chi connectivity index (χ1n) is 10.4. The molecule has 7 nitrogen and oxygen atoms in total. The van der Waals surface area contributed by atoms with Gasteiger partial charge >= 0.3 is 7.82 Å². The van der Waals surface area contributed by atoms with Gasteiger partial charge in [0.05, 0.1) is 12.6 Å². The summed E-state index contributed by atoms with van der Waals surface area (Å²) in [5.74, 6) is 0.996. The molecule has 0 amide bonds. The van der Waals surface area contributed by atoms with Crippen LogP contribution in [-0.2, 0) is 33.3 Å². The summed E-state index contributed by atoms with van der Waals surface area (Å²) in [7, 11) is -4.50. The second kappa shape index (κ2) is 9.79. The molecule has 0 heterocycles. The molecular formula is C20H33N2O5PS. The summed E-state index contributed by atoms with van der Waals surface area (Å²) in [6.45, 7) is 1.98. The molecule has 1 fully saturated rings. The Morgan fingerprint density at radius 3 is 2.90 bits per heavy atom. The molecular weight excluding hydrogens is 411 g/mol. The summed E-state index contributed by atoms with van der Waals surface area (Å²) in [5.41, 5.74) is 9.53. The first-order chi connectivity index (χ1) is 13.7. The van der Waals surface area contributed by atoms with E-state index >= 15 is 0 Å². The molecule has 0 aromatic heterocycles. The predicted molar refractivity (Wildman–Crippen MR) is 115 cm³/mol. The first kappa shape index (κ1) is 23.2. The van der Waals surface area contributed by atoms with E-state index in [-0.39, 0.29) is 18.6 Å². The van der Waals surface area contributed by atoms with E-state index in [1.807, 2.05) is 0 Å². The molecule has 1 aromatic carbocycles. The summed E-state index contributed by atoms with van der Waals surface area (Å²) >= 11 is -0.949. The van der Waals surface area contributed by atoms with Crippen LogP contribution in [0.1, 0.15) is 68.1 Å². The summed E-state index contributed by atoms with van der Waals surface area (Å²) in [6.07, 6.45) is 7.12. The minimum absolute atomic E-state index is 0.124. The van der Waals surface area contributed by atoms with Crippen LogP contribution in [0.4, 0.5) is 0 Å². The topological polar surface area (TPSA) is 128 Å². The first-order valence-corrected chi connectivity index (χ1v) is 13.3. The van der Waals surface area contributed by atoms with Gasteiger partial charge in [0.25, 0.3) is 0 Å². The number of phosphoric ester groups is 1. The van der Waals surface area contributed by atoms with Crippen LogP contribution in [0.2, 0.25) is 0 Å². The molecule has 0 aliphatic heterocycles. The lowest BCUT2D eigenvalue weighted by Gasteiger charge is -2.27. The fourth-order valence-corrected chi connectivity index (χ4v) is 6.10. The second-order valence-corrected chi connectivity index (χ2v) is 11.1. The molecule has 164 valence electrons. The summed E-state index contributed by atoms with van der Waals surface area (Å²) in [4.78, 5) is 17.9. The van der Waals surface area contributed by atoms with Crippen molar-refractivity contribution in [2.45, 2.75) is 75.8 Å². The number of nitrogens with one attached hydrogen (secondary N) is 1. The van der Waals surface area contributed by atoms with Crippen molar-refractivity contribution in [3.8, 4) is 0 Å². The number of phosphoric acid groups is 1. The maximum atomic E-state index is 12.1. The van der Waals surface area contributed by atoms with Crippen molar-refractivity contribution in [3.63, 3.8) is 0 Å². The molecule has 2 aliphatic rings. The quantitative estimate of drug-likeness (QED) is 0.340. The SMILES string of the molecule is CCCC[S+]([O-])N[C@@H]1CCc2cc([C@H]3CC[C@](N)(COP(=O)(O)O)C3)ccc2C1. The third-order valence-corrected chi connectivity index (χ3v) is 7.80. The largest absolute Gasteiger partial charge is 0.598 e. The molecule has 1 aromatic rings. The number of nitrogens with two attached hydrogens (primary N) is 1. The lowest BCUT2D eigenvalue weighted by molar-refractivity contribution is 0.153. The molecule has 2 aliphatic carbocycles. The van der Waals surface area contributed by atoms with Gasteiger partial charge in [0.2, 0.25) is 0 Å². The Labute approximate surface area is 176 Å². The predicted octanol–water partition coefficient (Wildman–Crippen LogP) is 2.67. The van der Waals surface area contributed by atoms with E-state index in [0.29, 0.717) is 18.6 Å². The van der Waals surface area contributed by atoms with Gasteiger partial charge in [0.1, 0.15) is 5.75 Å². The Morgan fingerprint density at radius 1 is 1.38 bits per heavy atom. The van der Waals surface area contributed by atoms with E-state index in [0.717, 1.165) is 38.5 Å². The average Bonchev–Trinajstić information content (AvgIpc) is 3.07. The molecule has 1 saturated carbocycles. The number of unbranched alkanes of at least 4 members (excludes halogenated alkanes) is 1. The van der Waals surface area contributed by atoms with Crippen molar-refractivity contribution >= 4 is 19.2 Å². The molecule has 3 rings (SSSR count). The molecule has 0 bridgehead atoms. The number of benzene rings is 1. The smallest absolute Gasteiger partial charge is 0.469 e. The Morgan fingerprint density at radius 2 is 2.17 bits per heavy atom. The molecule has 5 N–H and O–H groups in total. The van der Waals surface area contributed by atoms with Crippen LogP contribution in [0.15, 0.2) is 18.2 Å². The monoisotopic (exact) mass is 444 g/mol. The molecule has 9 heteroatoms. The van der Waals surface area contributed by atoms with Gasteiger partial charge in [-0.3, -0.25) is 4.52 Å². The minimum atomic E-state index is -4.50. The number of aryl methyl sites for hydroxylation is 1. The number of rotatable bonds is 9. The maximum Gasteiger partial charge on any atom is 0.469 e. The van der Waals surface area contributed by atoms with E-state index in [4.69, 9.17) is 15.5 Å². The summed E-state index contributed by atoms with van der Waals surface area (Å²) in [5, 5.41) is 0. The molecule has 1 unspecified atom stereocenters. The van der Waals surface area contributed by atoms with Gasteiger partial charge in [0.15, 0.2) is 0 Å². The maximum absolute atomic E-state index is 12.1. The Hall–Kier alpha value is -0.440. The Balaban J connectivity index is 1.57. The molecule has 29 heavy (non-hydrogen) atoms. The van der Waals surface area contributed by atoms with Crippen molar-refractivity contribution in [3.05, 3.63) is 34.9 Å². The van der Waals surface area contributed by atoms with Crippen molar-refractivity contribution in [2.24, 2.45) is 5.73 Å². The van der Waals surface area contributed by atoms with Crippen LogP contribution in [0.3, 0.4) is 0 Å². The zero-order valence-electron chi connectivity index (χ0n) is 17.0. The highest BCUT2D eigenvalue weighted by Crippen LogP contribution is 2.44. The van der Waals surface area contributed by atoms with Crippen LogP contribution >= 0.6 is 7.82 Å². The van der Waals surface area contributed by atoms with E-state index in [1.165, 1.54) is 16.7 Å². The molecule has 0 saturated heterocycles. The summed E-state index contributed by atoms with van der Waals surface area (Å²) in [6, 6.07) is 6.85. The third kappa shape index (κ3) is 6.77. The number of hydrogen-bond donors (Lipinski definition) is 4. The van der Waals surface area contributed by atoms with Crippen LogP contribution in [0.5, 0.6) is 0 Å². The van der Waals surface area contributed by atoms with Gasteiger partial charge in [-0.05, 0) is 67.6 Å². The van der Waals surface area contributed by atoms with Crippen molar-refractivity contribution < 1.29 is 23.4 Å². The standard InChI is InChI=1S/C20H33N2O5PS/c1-2-3-10-29(26)22-19-7-6-15-11-16(4-5-17(15)12-19)18-8-9-20(21,13-18)14-27-28(23,24)25/h4-5,11,18-19,22H,2-3,6-10,12-14,21H2,1H3,(H2,23,24,25)/t18-,19+,20+,29?/m0/s1. The van der Waals surface area contributed by atoms with E-state index in [2.05, 4.69) is 34.4 Å². The fraction of sp³-hybridized carbons (Fsp3) is 0.700. The third-order valence-electron chi connectivity index (χ3n) is 6.08. The lowest BCUT2D eigenvalue weighted by atomic mass is 9.85. The van der Waals surface area contributed by atoms with Gasteiger partial charge in [-0.15, -0.1) is 4.72 Å². The molecule has 0 spiro atoms. The van der Waals surface area contributed by atoms with E-state index < -0.39 is 24.7 Å². The number of fused-ring (bicyclic) bond motifs is 1. The Bertz CT molecular complexity index is 746. The highest BCUT2D eigenvalue weighted by molar-refractivity contribution is 7.89. The summed E-state index contributed by atoms with van der Waals surface area (Å²) < 4.78 is 31.0. The normalized spacial score (nSPS) is 28.3. The van der Waals surface area contributed by atoms with Crippen LogP contribution in [-0.4, -0.2) is 38.3 Å². The van der Waals surface area contributed by atoms with E-state index in [1.54, 1.807) is 0 Å². The zero-order valence-corrected chi connectivity index (χ0v) is 18.7. The fourth-order valence-electron chi connectivity index (χ4n) is 4.43. The van der Waals surface area contributed by atoms with Crippen LogP contribution < -0.4 is 10.5 Å². The van der Waals surface area contributed by atoms with E-state index in [9.17, 15) is 9.12 Å². The van der Waals surface area contributed by atoms with Crippen molar-refractivity contribution in [1.82, 2.24) is 4.72 Å². The minimum Gasteiger partial charge on any atom is -0.598 e.